The van der Waals surface area contributed by atoms with Crippen molar-refractivity contribution in [3.05, 3.63) is 71.4 Å². The van der Waals surface area contributed by atoms with E-state index in [-0.39, 0.29) is 18.7 Å². The standard InChI is InChI=1S/C25H25N5O2S/c1-29(25(31)32-15-19-16-33-17-27-19)20-9-11-30(12-10-20)24-8-4-7-23(28-24)22-14-26-13-18-5-2-3-6-21(18)22/h2-8,13-14,16-17,20H,9-12,15H2,1H3. The van der Waals surface area contributed by atoms with E-state index in [1.54, 1.807) is 10.4 Å². The number of carbonyl (C=O) groups is 1. The minimum Gasteiger partial charge on any atom is -0.443 e. The summed E-state index contributed by atoms with van der Waals surface area (Å²) in [5.74, 6) is 0.952. The lowest BCUT2D eigenvalue weighted by Gasteiger charge is -2.36. The number of thiazole rings is 1. The Morgan fingerprint density at radius 2 is 2.00 bits per heavy atom. The smallest absolute Gasteiger partial charge is 0.410 e. The summed E-state index contributed by atoms with van der Waals surface area (Å²) in [6.07, 6.45) is 5.19. The summed E-state index contributed by atoms with van der Waals surface area (Å²) < 4.78 is 5.41. The Labute approximate surface area is 196 Å². The van der Waals surface area contributed by atoms with E-state index in [0.717, 1.165) is 59.5 Å². The quantitative estimate of drug-likeness (QED) is 0.419. The molecule has 168 valence electrons. The molecule has 4 heterocycles. The number of benzene rings is 1. The van der Waals surface area contributed by atoms with E-state index in [2.05, 4.69) is 27.0 Å². The molecule has 5 rings (SSSR count). The van der Waals surface area contributed by atoms with Gasteiger partial charge in [-0.1, -0.05) is 30.3 Å². The first-order valence-corrected chi connectivity index (χ1v) is 11.9. The molecule has 1 fully saturated rings. The second-order valence-electron chi connectivity index (χ2n) is 8.15. The maximum absolute atomic E-state index is 12.4. The molecule has 0 N–H and O–H groups in total. The fraction of sp³-hybridized carbons (Fsp3) is 0.280. The molecular formula is C25H25N5O2S. The number of fused-ring (bicyclic) bond motifs is 1. The molecule has 1 amide bonds. The first-order chi connectivity index (χ1) is 16.2. The fourth-order valence-corrected chi connectivity index (χ4v) is 4.79. The summed E-state index contributed by atoms with van der Waals surface area (Å²) in [5, 5.41) is 4.14. The Morgan fingerprint density at radius 3 is 2.82 bits per heavy atom. The van der Waals surface area contributed by atoms with Crippen molar-refractivity contribution in [2.45, 2.75) is 25.5 Å². The van der Waals surface area contributed by atoms with Gasteiger partial charge >= 0.3 is 6.09 Å². The first-order valence-electron chi connectivity index (χ1n) is 11.0. The van der Waals surface area contributed by atoms with Crippen LogP contribution in [-0.2, 0) is 11.3 Å². The molecule has 0 unspecified atom stereocenters. The normalized spacial score (nSPS) is 14.4. The van der Waals surface area contributed by atoms with Gasteiger partial charge < -0.3 is 14.5 Å². The van der Waals surface area contributed by atoms with E-state index < -0.39 is 0 Å². The summed E-state index contributed by atoms with van der Waals surface area (Å²) >= 11 is 1.49. The summed E-state index contributed by atoms with van der Waals surface area (Å²) in [5.41, 5.74) is 4.47. The molecule has 0 saturated carbocycles. The van der Waals surface area contributed by atoms with E-state index in [9.17, 15) is 4.79 Å². The van der Waals surface area contributed by atoms with Gasteiger partial charge in [0.15, 0.2) is 0 Å². The van der Waals surface area contributed by atoms with Crippen LogP contribution in [0.15, 0.2) is 65.7 Å². The van der Waals surface area contributed by atoms with Crippen LogP contribution in [0.2, 0.25) is 0 Å². The molecule has 1 aromatic carbocycles. The van der Waals surface area contributed by atoms with Crippen molar-refractivity contribution < 1.29 is 9.53 Å². The number of amides is 1. The molecule has 0 spiro atoms. The molecule has 8 heteroatoms. The average Bonchev–Trinajstić information content (AvgIpc) is 3.40. The van der Waals surface area contributed by atoms with Gasteiger partial charge in [0.1, 0.15) is 12.4 Å². The van der Waals surface area contributed by atoms with Crippen LogP contribution in [0.4, 0.5) is 10.6 Å². The largest absolute Gasteiger partial charge is 0.443 e. The summed E-state index contributed by atoms with van der Waals surface area (Å²) in [4.78, 5) is 30.0. The number of hydrogen-bond acceptors (Lipinski definition) is 7. The summed E-state index contributed by atoms with van der Waals surface area (Å²) in [6, 6.07) is 14.5. The second-order valence-corrected chi connectivity index (χ2v) is 8.87. The van der Waals surface area contributed by atoms with Crippen LogP contribution in [0.1, 0.15) is 18.5 Å². The minimum atomic E-state index is -0.301. The van der Waals surface area contributed by atoms with E-state index >= 15 is 0 Å². The van der Waals surface area contributed by atoms with Gasteiger partial charge in [0.25, 0.3) is 0 Å². The molecule has 4 aromatic rings. The highest BCUT2D eigenvalue weighted by molar-refractivity contribution is 7.07. The Bertz CT molecular complexity index is 1230. The molecule has 1 saturated heterocycles. The average molecular weight is 460 g/mol. The minimum absolute atomic E-state index is 0.148. The predicted octanol–water partition coefficient (Wildman–Crippen LogP) is 4.99. The highest BCUT2D eigenvalue weighted by Crippen LogP contribution is 2.29. The van der Waals surface area contributed by atoms with Crippen molar-refractivity contribution in [3.63, 3.8) is 0 Å². The van der Waals surface area contributed by atoms with Crippen LogP contribution in [0.25, 0.3) is 22.0 Å². The monoisotopic (exact) mass is 459 g/mol. The number of ether oxygens (including phenoxy) is 1. The van der Waals surface area contributed by atoms with Crippen LogP contribution >= 0.6 is 11.3 Å². The molecule has 7 nitrogen and oxygen atoms in total. The Kier molecular flexibility index (Phi) is 6.17. The SMILES string of the molecule is CN(C(=O)OCc1cscn1)C1CCN(c2cccc(-c3cncc4ccccc34)n2)CC1. The van der Waals surface area contributed by atoms with Gasteiger partial charge in [0, 0.05) is 54.9 Å². The highest BCUT2D eigenvalue weighted by Gasteiger charge is 2.27. The van der Waals surface area contributed by atoms with E-state index in [0.29, 0.717) is 0 Å². The van der Waals surface area contributed by atoms with E-state index in [1.807, 2.05) is 55.2 Å². The first kappa shape index (κ1) is 21.3. The molecule has 3 aromatic heterocycles. The lowest BCUT2D eigenvalue weighted by Crippen LogP contribution is -2.46. The van der Waals surface area contributed by atoms with Gasteiger partial charge in [0.2, 0.25) is 0 Å². The fourth-order valence-electron chi connectivity index (χ4n) is 4.25. The topological polar surface area (TPSA) is 71.5 Å². The molecule has 0 bridgehead atoms. The van der Waals surface area contributed by atoms with Crippen LogP contribution < -0.4 is 4.90 Å². The zero-order valence-corrected chi connectivity index (χ0v) is 19.2. The Morgan fingerprint density at radius 1 is 1.15 bits per heavy atom. The second kappa shape index (κ2) is 9.54. The Balaban J connectivity index is 1.24. The van der Waals surface area contributed by atoms with Gasteiger partial charge in [-0.3, -0.25) is 4.98 Å². The van der Waals surface area contributed by atoms with Crippen molar-refractivity contribution in [1.29, 1.82) is 0 Å². The maximum atomic E-state index is 12.4. The van der Waals surface area contributed by atoms with Gasteiger partial charge in [-0.25, -0.2) is 14.8 Å². The van der Waals surface area contributed by atoms with Crippen LogP contribution in [0, 0.1) is 0 Å². The van der Waals surface area contributed by atoms with Crippen molar-refractivity contribution in [1.82, 2.24) is 19.9 Å². The number of anilines is 1. The third-order valence-corrected chi connectivity index (χ3v) is 6.77. The third-order valence-electron chi connectivity index (χ3n) is 6.13. The highest BCUT2D eigenvalue weighted by atomic mass is 32.1. The molecule has 33 heavy (non-hydrogen) atoms. The molecule has 1 aliphatic heterocycles. The van der Waals surface area contributed by atoms with Crippen molar-refractivity contribution in [2.24, 2.45) is 0 Å². The van der Waals surface area contributed by atoms with Gasteiger partial charge in [-0.05, 0) is 30.4 Å². The van der Waals surface area contributed by atoms with Crippen molar-refractivity contribution in [3.8, 4) is 11.3 Å². The number of rotatable bonds is 5. The maximum Gasteiger partial charge on any atom is 0.410 e. The van der Waals surface area contributed by atoms with Crippen LogP contribution in [-0.4, -0.2) is 52.1 Å². The molecule has 1 aliphatic rings. The molecule has 0 aliphatic carbocycles. The number of pyridine rings is 2. The van der Waals surface area contributed by atoms with Gasteiger partial charge in [0.05, 0.1) is 16.9 Å². The zero-order valence-electron chi connectivity index (χ0n) is 18.4. The zero-order chi connectivity index (χ0) is 22.6. The van der Waals surface area contributed by atoms with Crippen LogP contribution in [0.3, 0.4) is 0 Å². The lowest BCUT2D eigenvalue weighted by atomic mass is 10.0. The van der Waals surface area contributed by atoms with Gasteiger partial charge in [-0.15, -0.1) is 11.3 Å². The molecular weight excluding hydrogens is 434 g/mol. The van der Waals surface area contributed by atoms with Crippen molar-refractivity contribution in [2.75, 3.05) is 25.0 Å². The van der Waals surface area contributed by atoms with E-state index in [1.165, 1.54) is 11.3 Å². The molecule has 0 radical (unpaired) electrons. The number of hydrogen-bond donors (Lipinski definition) is 0. The summed E-state index contributed by atoms with van der Waals surface area (Å²) in [6.45, 7) is 1.88. The third kappa shape index (κ3) is 4.66. The number of carbonyl (C=O) groups excluding carboxylic acids is 1. The van der Waals surface area contributed by atoms with E-state index in [4.69, 9.17) is 9.72 Å². The van der Waals surface area contributed by atoms with Crippen molar-refractivity contribution >= 4 is 34.0 Å². The molecule has 0 atom stereocenters. The Hall–Kier alpha value is -3.52. The summed E-state index contributed by atoms with van der Waals surface area (Å²) in [7, 11) is 1.82. The number of aromatic nitrogens is 3. The number of piperidine rings is 1. The van der Waals surface area contributed by atoms with Crippen LogP contribution in [0.5, 0.6) is 0 Å². The predicted molar refractivity (Wildman–Crippen MR) is 130 cm³/mol. The lowest BCUT2D eigenvalue weighted by molar-refractivity contribution is 0.0854. The number of nitrogens with zero attached hydrogens (tertiary/aromatic N) is 5. The van der Waals surface area contributed by atoms with Gasteiger partial charge in [-0.2, -0.15) is 0 Å².